The van der Waals surface area contributed by atoms with E-state index in [1.54, 1.807) is 0 Å². The van der Waals surface area contributed by atoms with Crippen molar-refractivity contribution in [2.75, 3.05) is 11.9 Å². The molecule has 2 N–H and O–H groups in total. The van der Waals surface area contributed by atoms with Crippen LogP contribution in [0.1, 0.15) is 36.5 Å². The Labute approximate surface area is 146 Å². The molecule has 4 heteroatoms. The number of hydrogen-bond acceptors (Lipinski definition) is 1. The summed E-state index contributed by atoms with van der Waals surface area (Å²) >= 11 is 3.52. The van der Waals surface area contributed by atoms with E-state index < -0.39 is 0 Å². The molecule has 0 aliphatic rings. The van der Waals surface area contributed by atoms with Crippen molar-refractivity contribution in [3.05, 3.63) is 63.6 Å². The second-order valence-corrected chi connectivity index (χ2v) is 6.77. The predicted molar refractivity (Wildman–Crippen MR) is 100 cm³/mol. The van der Waals surface area contributed by atoms with Crippen LogP contribution in [0.2, 0.25) is 0 Å². The lowest BCUT2D eigenvalue weighted by Gasteiger charge is -2.17. The lowest BCUT2D eigenvalue weighted by molar-refractivity contribution is 0.252. The number of amides is 2. The number of halogens is 1. The summed E-state index contributed by atoms with van der Waals surface area (Å²) in [5.74, 6) is 0.366. The van der Waals surface area contributed by atoms with E-state index in [-0.39, 0.29) is 6.03 Å². The van der Waals surface area contributed by atoms with Crippen LogP contribution in [-0.4, -0.2) is 12.6 Å². The number of benzene rings is 2. The summed E-state index contributed by atoms with van der Waals surface area (Å²) in [6.07, 6.45) is 0.791. The summed E-state index contributed by atoms with van der Waals surface area (Å²) in [5, 5.41) is 5.93. The van der Waals surface area contributed by atoms with Gasteiger partial charge < -0.3 is 10.6 Å². The highest BCUT2D eigenvalue weighted by molar-refractivity contribution is 9.10. The summed E-state index contributed by atoms with van der Waals surface area (Å²) in [6.45, 7) is 6.87. The van der Waals surface area contributed by atoms with E-state index in [0.717, 1.165) is 27.7 Å². The Morgan fingerprint density at radius 3 is 2.57 bits per heavy atom. The first-order valence-corrected chi connectivity index (χ1v) is 8.66. The third-order valence-corrected chi connectivity index (χ3v) is 4.58. The molecule has 2 rings (SSSR count). The normalized spacial score (nSPS) is 10.7. The van der Waals surface area contributed by atoms with E-state index in [1.807, 2.05) is 37.3 Å². The van der Waals surface area contributed by atoms with Crippen LogP contribution in [0.25, 0.3) is 0 Å². The van der Waals surface area contributed by atoms with Gasteiger partial charge in [-0.25, -0.2) is 4.79 Å². The van der Waals surface area contributed by atoms with E-state index in [2.05, 4.69) is 52.5 Å². The van der Waals surface area contributed by atoms with Crippen molar-refractivity contribution in [1.29, 1.82) is 0 Å². The summed E-state index contributed by atoms with van der Waals surface area (Å²) in [6, 6.07) is 14.0. The molecule has 2 aromatic carbocycles. The summed E-state index contributed by atoms with van der Waals surface area (Å²) in [7, 11) is 0. The minimum absolute atomic E-state index is 0.159. The van der Waals surface area contributed by atoms with Crippen LogP contribution in [0.15, 0.2) is 46.9 Å². The molecule has 0 unspecified atom stereocenters. The largest absolute Gasteiger partial charge is 0.338 e. The molecule has 3 nitrogen and oxygen atoms in total. The Bertz CT molecular complexity index is 683. The molecule has 0 aliphatic carbocycles. The zero-order valence-electron chi connectivity index (χ0n) is 13.8. The van der Waals surface area contributed by atoms with Gasteiger partial charge in [-0.05, 0) is 42.0 Å². The highest BCUT2D eigenvalue weighted by Crippen LogP contribution is 2.27. The van der Waals surface area contributed by atoms with E-state index in [9.17, 15) is 4.79 Å². The van der Waals surface area contributed by atoms with Gasteiger partial charge in [0.2, 0.25) is 0 Å². The zero-order valence-corrected chi connectivity index (χ0v) is 15.4. The van der Waals surface area contributed by atoms with Crippen LogP contribution in [0.5, 0.6) is 0 Å². The van der Waals surface area contributed by atoms with Crippen molar-refractivity contribution < 1.29 is 4.79 Å². The fraction of sp³-hybridized carbons (Fsp3) is 0.316. The van der Waals surface area contributed by atoms with Crippen molar-refractivity contribution in [2.24, 2.45) is 0 Å². The number of para-hydroxylation sites is 1. The number of rotatable bonds is 5. The zero-order chi connectivity index (χ0) is 16.8. The second-order valence-electron chi connectivity index (χ2n) is 5.92. The maximum Gasteiger partial charge on any atom is 0.319 e. The number of anilines is 1. The smallest absolute Gasteiger partial charge is 0.319 e. The number of carbonyl (C=O) groups is 1. The lowest BCUT2D eigenvalue weighted by Crippen LogP contribution is -2.31. The van der Waals surface area contributed by atoms with Crippen LogP contribution in [0.4, 0.5) is 10.5 Å². The Balaban J connectivity index is 1.94. The Morgan fingerprint density at radius 2 is 1.87 bits per heavy atom. The van der Waals surface area contributed by atoms with Gasteiger partial charge in [0.25, 0.3) is 0 Å². The van der Waals surface area contributed by atoms with Gasteiger partial charge in [0, 0.05) is 16.7 Å². The van der Waals surface area contributed by atoms with E-state index in [4.69, 9.17) is 0 Å². The van der Waals surface area contributed by atoms with Gasteiger partial charge in [0.15, 0.2) is 0 Å². The lowest BCUT2D eigenvalue weighted by atomic mass is 9.98. The SMILES string of the molecule is Cc1cccc(C(C)C)c1NC(=O)NCCc1ccccc1Br. The quantitative estimate of drug-likeness (QED) is 0.737. The molecule has 0 aliphatic heterocycles. The van der Waals surface area contributed by atoms with Gasteiger partial charge in [-0.1, -0.05) is 66.2 Å². The van der Waals surface area contributed by atoms with Crippen LogP contribution < -0.4 is 10.6 Å². The van der Waals surface area contributed by atoms with Gasteiger partial charge >= 0.3 is 6.03 Å². The number of hydrogen-bond donors (Lipinski definition) is 2. The molecule has 0 saturated carbocycles. The average molecular weight is 375 g/mol. The molecule has 23 heavy (non-hydrogen) atoms. The van der Waals surface area contributed by atoms with Gasteiger partial charge in [-0.2, -0.15) is 0 Å². The molecule has 0 bridgehead atoms. The third-order valence-electron chi connectivity index (χ3n) is 3.80. The molecule has 0 atom stereocenters. The number of carbonyl (C=O) groups excluding carboxylic acids is 1. The van der Waals surface area contributed by atoms with Gasteiger partial charge in [-0.15, -0.1) is 0 Å². The minimum Gasteiger partial charge on any atom is -0.338 e. The topological polar surface area (TPSA) is 41.1 Å². The first-order valence-electron chi connectivity index (χ1n) is 7.86. The van der Waals surface area contributed by atoms with E-state index in [0.29, 0.717) is 12.5 Å². The van der Waals surface area contributed by atoms with Crippen LogP contribution in [-0.2, 0) is 6.42 Å². The van der Waals surface area contributed by atoms with Crippen LogP contribution in [0, 0.1) is 6.92 Å². The second kappa shape index (κ2) is 8.16. The fourth-order valence-corrected chi connectivity index (χ4v) is 2.99. The Hall–Kier alpha value is -1.81. The van der Waals surface area contributed by atoms with E-state index in [1.165, 1.54) is 5.56 Å². The monoisotopic (exact) mass is 374 g/mol. The first-order chi connectivity index (χ1) is 11.0. The van der Waals surface area contributed by atoms with E-state index >= 15 is 0 Å². The number of aryl methyl sites for hydroxylation is 1. The molecular weight excluding hydrogens is 352 g/mol. The minimum atomic E-state index is -0.159. The standard InChI is InChI=1S/C19H23BrN2O/c1-13(2)16-9-6-7-14(3)18(16)22-19(23)21-12-11-15-8-4-5-10-17(15)20/h4-10,13H,11-12H2,1-3H3,(H2,21,22,23). The fourth-order valence-electron chi connectivity index (χ4n) is 2.51. The first kappa shape index (κ1) is 17.5. The third kappa shape index (κ3) is 4.83. The molecule has 0 saturated heterocycles. The van der Waals surface area contributed by atoms with Crippen molar-refractivity contribution in [3.63, 3.8) is 0 Å². The molecule has 2 amide bonds. The van der Waals surface area contributed by atoms with Gasteiger partial charge in [0.1, 0.15) is 0 Å². The van der Waals surface area contributed by atoms with Gasteiger partial charge in [0.05, 0.1) is 0 Å². The predicted octanol–water partition coefficient (Wildman–Crippen LogP) is 5.25. The molecule has 0 spiro atoms. The van der Waals surface area contributed by atoms with Crippen molar-refractivity contribution in [3.8, 4) is 0 Å². The Kier molecular flexibility index (Phi) is 6.22. The number of urea groups is 1. The van der Waals surface area contributed by atoms with Crippen LogP contribution in [0.3, 0.4) is 0 Å². The summed E-state index contributed by atoms with van der Waals surface area (Å²) in [5.41, 5.74) is 4.34. The molecule has 0 aromatic heterocycles. The maximum absolute atomic E-state index is 12.2. The molecule has 122 valence electrons. The molecule has 0 fully saturated rings. The molecule has 0 heterocycles. The van der Waals surface area contributed by atoms with Gasteiger partial charge in [-0.3, -0.25) is 0 Å². The highest BCUT2D eigenvalue weighted by atomic mass is 79.9. The van der Waals surface area contributed by atoms with Crippen molar-refractivity contribution in [1.82, 2.24) is 5.32 Å². The molecular formula is C19H23BrN2O. The molecule has 0 radical (unpaired) electrons. The summed E-state index contributed by atoms with van der Waals surface area (Å²) < 4.78 is 1.07. The Morgan fingerprint density at radius 1 is 1.13 bits per heavy atom. The van der Waals surface area contributed by atoms with Crippen molar-refractivity contribution in [2.45, 2.75) is 33.1 Å². The van der Waals surface area contributed by atoms with Crippen LogP contribution >= 0.6 is 15.9 Å². The summed E-state index contributed by atoms with van der Waals surface area (Å²) in [4.78, 5) is 12.2. The van der Waals surface area contributed by atoms with Crippen molar-refractivity contribution >= 4 is 27.6 Å². The highest BCUT2D eigenvalue weighted by Gasteiger charge is 2.11. The number of nitrogens with one attached hydrogen (secondary N) is 2. The average Bonchev–Trinajstić information content (AvgIpc) is 2.51. The molecule has 2 aromatic rings. The maximum atomic E-state index is 12.2.